The predicted molar refractivity (Wildman–Crippen MR) is 116 cm³/mol. The second-order valence-electron chi connectivity index (χ2n) is 7.17. The van der Waals surface area contributed by atoms with Crippen LogP contribution in [0.3, 0.4) is 0 Å². The average molecular weight is 404 g/mol. The zero-order valence-electron chi connectivity index (χ0n) is 16.2. The van der Waals surface area contributed by atoms with Gasteiger partial charge in [-0.1, -0.05) is 54.1 Å². The number of aromatic nitrogens is 2. The third-order valence-electron chi connectivity index (χ3n) is 5.29. The first-order valence-electron chi connectivity index (χ1n) is 9.59. The maximum atomic E-state index is 12.8. The van der Waals surface area contributed by atoms with Crippen molar-refractivity contribution in [2.75, 3.05) is 0 Å². The molecule has 4 rings (SSSR count). The monoisotopic (exact) mass is 403 g/mol. The van der Waals surface area contributed by atoms with E-state index in [0.717, 1.165) is 23.9 Å². The second kappa shape index (κ2) is 8.10. The molecule has 0 radical (unpaired) electrons. The van der Waals surface area contributed by atoms with Crippen molar-refractivity contribution in [1.82, 2.24) is 9.13 Å². The highest BCUT2D eigenvalue weighted by Crippen LogP contribution is 2.20. The van der Waals surface area contributed by atoms with Crippen LogP contribution in [0.15, 0.2) is 72.8 Å². The molecule has 0 aliphatic carbocycles. The zero-order chi connectivity index (χ0) is 20.4. The van der Waals surface area contributed by atoms with Gasteiger partial charge in [0, 0.05) is 17.6 Å². The number of ketones is 1. The van der Waals surface area contributed by atoms with Crippen LogP contribution in [0.2, 0.25) is 5.02 Å². The first kappa shape index (κ1) is 19.2. The predicted octanol–water partition coefficient (Wildman–Crippen LogP) is 4.78. The lowest BCUT2D eigenvalue weighted by Gasteiger charge is -2.07. The van der Waals surface area contributed by atoms with Crippen LogP contribution >= 0.6 is 11.6 Å². The Balaban J connectivity index is 1.67. The molecule has 1 aromatic heterocycles. The molecule has 146 valence electrons. The van der Waals surface area contributed by atoms with Crippen molar-refractivity contribution in [1.29, 1.82) is 5.41 Å². The number of Topliss-reactive ketones (excluding diaryl/α,β-unsaturated/α-hetero) is 1. The number of halogens is 1. The molecule has 0 amide bonds. The molecule has 5 heteroatoms. The van der Waals surface area contributed by atoms with Crippen molar-refractivity contribution in [2.45, 2.75) is 19.4 Å². The minimum absolute atomic E-state index is 0.0395. The molecule has 0 fully saturated rings. The van der Waals surface area contributed by atoms with E-state index >= 15 is 0 Å². The van der Waals surface area contributed by atoms with Crippen LogP contribution in [-0.2, 0) is 26.4 Å². The van der Waals surface area contributed by atoms with E-state index in [1.54, 1.807) is 28.8 Å². The number of para-hydroxylation sites is 1. The molecule has 0 saturated carbocycles. The number of carbonyl (C=O) groups excluding carboxylic acids is 1. The highest BCUT2D eigenvalue weighted by Gasteiger charge is 2.15. The van der Waals surface area contributed by atoms with Crippen LogP contribution in [0.25, 0.3) is 11.0 Å². The van der Waals surface area contributed by atoms with E-state index in [-0.39, 0.29) is 12.3 Å². The number of nitrogens with zero attached hydrogens (tertiary/aromatic N) is 2. The number of aryl methyl sites for hydroxylation is 3. The van der Waals surface area contributed by atoms with E-state index in [0.29, 0.717) is 16.2 Å². The smallest absolute Gasteiger partial charge is 0.203 e. The maximum absolute atomic E-state index is 12.8. The molecule has 0 saturated heterocycles. The molecular formula is C24H22ClN3O. The van der Waals surface area contributed by atoms with Gasteiger partial charge in [-0.2, -0.15) is 0 Å². The Labute approximate surface area is 174 Å². The van der Waals surface area contributed by atoms with Gasteiger partial charge >= 0.3 is 0 Å². The van der Waals surface area contributed by atoms with Gasteiger partial charge in [-0.25, -0.2) is 0 Å². The molecule has 0 spiro atoms. The summed E-state index contributed by atoms with van der Waals surface area (Å²) in [6.07, 6.45) is 1.81. The topological polar surface area (TPSA) is 50.8 Å². The lowest BCUT2D eigenvalue weighted by Crippen LogP contribution is -2.25. The summed E-state index contributed by atoms with van der Waals surface area (Å²) in [4.78, 5) is 12.8. The molecule has 0 aliphatic rings. The van der Waals surface area contributed by atoms with Crippen LogP contribution < -0.4 is 5.62 Å². The van der Waals surface area contributed by atoms with Crippen LogP contribution in [0, 0.1) is 5.41 Å². The Hall–Kier alpha value is -3.11. The van der Waals surface area contributed by atoms with Gasteiger partial charge in [0.2, 0.25) is 5.62 Å². The minimum atomic E-state index is -0.0395. The van der Waals surface area contributed by atoms with Crippen LogP contribution in [-0.4, -0.2) is 14.9 Å². The number of imidazole rings is 1. The van der Waals surface area contributed by atoms with Crippen molar-refractivity contribution in [3.05, 3.63) is 100 Å². The number of carbonyl (C=O) groups is 1. The Morgan fingerprint density at radius 2 is 1.66 bits per heavy atom. The molecule has 4 aromatic rings. The van der Waals surface area contributed by atoms with Crippen molar-refractivity contribution in [3.8, 4) is 0 Å². The number of hydrogen-bond acceptors (Lipinski definition) is 2. The number of hydrogen-bond donors (Lipinski definition) is 1. The lowest BCUT2D eigenvalue weighted by molar-refractivity contribution is 0.0971. The molecule has 1 N–H and O–H groups in total. The van der Waals surface area contributed by atoms with E-state index in [4.69, 9.17) is 17.0 Å². The largest absolute Gasteiger partial charge is 0.313 e. The molecule has 0 unspecified atom stereocenters. The zero-order valence-corrected chi connectivity index (χ0v) is 17.0. The van der Waals surface area contributed by atoms with Crippen LogP contribution in [0.5, 0.6) is 0 Å². The highest BCUT2D eigenvalue weighted by molar-refractivity contribution is 6.30. The lowest BCUT2D eigenvalue weighted by atomic mass is 10.0. The summed E-state index contributed by atoms with van der Waals surface area (Å²) >= 11 is 5.92. The summed E-state index contributed by atoms with van der Waals surface area (Å²) in [5, 5.41) is 9.16. The van der Waals surface area contributed by atoms with E-state index in [2.05, 4.69) is 30.3 Å². The van der Waals surface area contributed by atoms with Gasteiger partial charge in [-0.15, -0.1) is 0 Å². The quantitative estimate of drug-likeness (QED) is 0.463. The molecule has 0 atom stereocenters. The summed E-state index contributed by atoms with van der Waals surface area (Å²) in [7, 11) is 1.89. The van der Waals surface area contributed by atoms with Gasteiger partial charge in [-0.3, -0.25) is 10.2 Å². The molecule has 0 bridgehead atoms. The standard InChI is InChI=1S/C24H22ClN3O/c1-27-23-19(11-10-17-6-3-2-4-7-17)8-5-9-21(23)28(24(27)26)16-22(29)18-12-14-20(25)15-13-18/h2-9,12-15,26H,10-11,16H2,1H3. The summed E-state index contributed by atoms with van der Waals surface area (Å²) in [6.45, 7) is 0.125. The van der Waals surface area contributed by atoms with Gasteiger partial charge < -0.3 is 9.13 Å². The van der Waals surface area contributed by atoms with Gasteiger partial charge in [0.25, 0.3) is 0 Å². The summed E-state index contributed by atoms with van der Waals surface area (Å²) in [6, 6.07) is 23.4. The van der Waals surface area contributed by atoms with Crippen molar-refractivity contribution in [2.24, 2.45) is 7.05 Å². The summed E-state index contributed by atoms with van der Waals surface area (Å²) in [5.74, 6) is -0.0395. The van der Waals surface area contributed by atoms with E-state index in [1.165, 1.54) is 11.1 Å². The second-order valence-corrected chi connectivity index (χ2v) is 7.61. The molecule has 4 nitrogen and oxygen atoms in total. The minimum Gasteiger partial charge on any atom is -0.313 e. The van der Waals surface area contributed by atoms with Crippen molar-refractivity contribution in [3.63, 3.8) is 0 Å². The normalized spacial score (nSPS) is 11.1. The Bertz CT molecular complexity index is 1220. The van der Waals surface area contributed by atoms with Gasteiger partial charge in [0.1, 0.15) is 0 Å². The third-order valence-corrected chi connectivity index (χ3v) is 5.54. The number of benzene rings is 3. The summed E-state index contributed by atoms with van der Waals surface area (Å²) < 4.78 is 3.64. The molecule has 1 heterocycles. The number of nitrogens with one attached hydrogen (secondary N) is 1. The summed E-state index contributed by atoms with van der Waals surface area (Å²) in [5.41, 5.74) is 5.30. The van der Waals surface area contributed by atoms with Crippen molar-refractivity contribution >= 4 is 28.4 Å². The van der Waals surface area contributed by atoms with Gasteiger partial charge in [0.05, 0.1) is 17.6 Å². The fraction of sp³-hybridized carbons (Fsp3) is 0.167. The third kappa shape index (κ3) is 3.89. The molecular weight excluding hydrogens is 382 g/mol. The Morgan fingerprint density at radius 1 is 0.931 bits per heavy atom. The number of rotatable bonds is 6. The van der Waals surface area contributed by atoms with Crippen molar-refractivity contribution < 1.29 is 4.79 Å². The Morgan fingerprint density at radius 3 is 2.38 bits per heavy atom. The first-order chi connectivity index (χ1) is 14.0. The van der Waals surface area contributed by atoms with E-state index in [1.807, 2.05) is 29.8 Å². The highest BCUT2D eigenvalue weighted by atomic mass is 35.5. The number of fused-ring (bicyclic) bond motifs is 1. The SMILES string of the molecule is Cn1c(=N)n(CC(=O)c2ccc(Cl)cc2)c2cccc(CCc3ccccc3)c21. The van der Waals surface area contributed by atoms with E-state index in [9.17, 15) is 4.79 Å². The van der Waals surface area contributed by atoms with Crippen LogP contribution in [0.4, 0.5) is 0 Å². The molecule has 29 heavy (non-hydrogen) atoms. The molecule has 0 aliphatic heterocycles. The van der Waals surface area contributed by atoms with Crippen LogP contribution in [0.1, 0.15) is 21.5 Å². The van der Waals surface area contributed by atoms with Gasteiger partial charge in [0.15, 0.2) is 5.78 Å². The first-order valence-corrected chi connectivity index (χ1v) is 9.97. The Kier molecular flexibility index (Phi) is 5.36. The maximum Gasteiger partial charge on any atom is 0.203 e. The average Bonchev–Trinajstić information content (AvgIpc) is 2.99. The molecule has 3 aromatic carbocycles. The van der Waals surface area contributed by atoms with Gasteiger partial charge in [-0.05, 0) is 54.3 Å². The van der Waals surface area contributed by atoms with E-state index < -0.39 is 0 Å². The fourth-order valence-corrected chi connectivity index (χ4v) is 3.87. The fourth-order valence-electron chi connectivity index (χ4n) is 3.74.